The maximum absolute atomic E-state index is 11.3. The molecule has 2 atom stereocenters. The SMILES string of the molecule is C[C@@H](Cc1ccc2c(c1)OCO2)OC(=O)/C=C\C(=O)O.C[C@H](N)c1ccccc1. The second kappa shape index (κ2) is 10.9. The van der Waals surface area contributed by atoms with Gasteiger partial charge in [-0.1, -0.05) is 36.4 Å². The predicted octanol–water partition coefficient (Wildman–Crippen LogP) is 3.24. The molecule has 0 aliphatic carbocycles. The second-order valence-electron chi connectivity index (χ2n) is 6.51. The number of hydrogen-bond donors (Lipinski definition) is 2. The van der Waals surface area contributed by atoms with Crippen LogP contribution in [-0.2, 0) is 20.7 Å². The number of carboxylic acids is 1. The van der Waals surface area contributed by atoms with Crippen LogP contribution in [0.25, 0.3) is 0 Å². The van der Waals surface area contributed by atoms with E-state index in [0.717, 1.165) is 17.7 Å². The number of benzene rings is 2. The fourth-order valence-electron chi connectivity index (χ4n) is 2.58. The summed E-state index contributed by atoms with van der Waals surface area (Å²) in [6, 6.07) is 15.7. The molecule has 0 amide bonds. The van der Waals surface area contributed by atoms with Crippen molar-refractivity contribution in [2.45, 2.75) is 32.4 Å². The summed E-state index contributed by atoms with van der Waals surface area (Å²) in [5.41, 5.74) is 7.75. The zero-order valence-electron chi connectivity index (χ0n) is 16.4. The highest BCUT2D eigenvalue weighted by Gasteiger charge is 2.15. The van der Waals surface area contributed by atoms with Crippen molar-refractivity contribution < 1.29 is 28.9 Å². The summed E-state index contributed by atoms with van der Waals surface area (Å²) in [6.45, 7) is 3.93. The van der Waals surface area contributed by atoms with Gasteiger partial charge in [0.1, 0.15) is 6.10 Å². The monoisotopic (exact) mass is 399 g/mol. The molecule has 0 radical (unpaired) electrons. The molecule has 0 fully saturated rings. The summed E-state index contributed by atoms with van der Waals surface area (Å²) in [7, 11) is 0. The van der Waals surface area contributed by atoms with E-state index in [1.54, 1.807) is 13.0 Å². The number of carbonyl (C=O) groups excluding carboxylic acids is 1. The van der Waals surface area contributed by atoms with Crippen molar-refractivity contribution in [3.05, 3.63) is 71.8 Å². The largest absolute Gasteiger partial charge is 0.478 e. The van der Waals surface area contributed by atoms with Gasteiger partial charge in [-0.15, -0.1) is 0 Å². The normalized spacial score (nSPS) is 13.9. The Morgan fingerprint density at radius 3 is 2.41 bits per heavy atom. The van der Waals surface area contributed by atoms with Crippen molar-refractivity contribution in [1.29, 1.82) is 0 Å². The van der Waals surface area contributed by atoms with E-state index in [1.807, 2.05) is 49.4 Å². The van der Waals surface area contributed by atoms with Crippen LogP contribution >= 0.6 is 0 Å². The molecule has 7 nitrogen and oxygen atoms in total. The number of hydrogen-bond acceptors (Lipinski definition) is 6. The molecule has 154 valence electrons. The minimum Gasteiger partial charge on any atom is -0.478 e. The molecule has 1 aliphatic rings. The van der Waals surface area contributed by atoms with Crippen LogP contribution in [0.15, 0.2) is 60.7 Å². The van der Waals surface area contributed by atoms with Crippen LogP contribution in [0.1, 0.15) is 31.0 Å². The fraction of sp³-hybridized carbons (Fsp3) is 0.273. The van der Waals surface area contributed by atoms with Crippen molar-refractivity contribution in [3.8, 4) is 11.5 Å². The first kappa shape index (κ1) is 22.0. The molecule has 2 aromatic carbocycles. The summed E-state index contributed by atoms with van der Waals surface area (Å²) in [6.07, 6.45) is 1.76. The second-order valence-corrected chi connectivity index (χ2v) is 6.51. The van der Waals surface area contributed by atoms with E-state index in [0.29, 0.717) is 17.9 Å². The first-order valence-electron chi connectivity index (χ1n) is 9.16. The molecular weight excluding hydrogens is 374 g/mol. The molecule has 3 N–H and O–H groups in total. The third kappa shape index (κ3) is 7.67. The van der Waals surface area contributed by atoms with Crippen LogP contribution in [0, 0.1) is 0 Å². The van der Waals surface area contributed by atoms with Crippen LogP contribution < -0.4 is 15.2 Å². The van der Waals surface area contributed by atoms with Gasteiger partial charge in [-0.2, -0.15) is 0 Å². The number of nitrogens with two attached hydrogens (primary N) is 1. The standard InChI is InChI=1S/C14H14O6.C8H11N/c1-9(20-14(17)5-4-13(15)16)6-10-2-3-11-12(7-10)19-8-18-11;1-7(9)8-5-3-2-4-6-8/h2-5,7,9H,6,8H2,1H3,(H,15,16);2-7H,9H2,1H3/b5-4-;/t9-;7-/m00/s1. The summed E-state index contributed by atoms with van der Waals surface area (Å²) >= 11 is 0. The topological polar surface area (TPSA) is 108 Å². The number of fused-ring (bicyclic) bond motifs is 1. The lowest BCUT2D eigenvalue weighted by atomic mass is 10.1. The van der Waals surface area contributed by atoms with E-state index in [9.17, 15) is 9.59 Å². The summed E-state index contributed by atoms with van der Waals surface area (Å²) in [4.78, 5) is 21.6. The van der Waals surface area contributed by atoms with E-state index < -0.39 is 11.9 Å². The minimum absolute atomic E-state index is 0.159. The lowest BCUT2D eigenvalue weighted by Gasteiger charge is -2.12. The zero-order valence-corrected chi connectivity index (χ0v) is 16.4. The highest BCUT2D eigenvalue weighted by Crippen LogP contribution is 2.32. The Morgan fingerprint density at radius 1 is 1.10 bits per heavy atom. The first-order valence-corrected chi connectivity index (χ1v) is 9.16. The van der Waals surface area contributed by atoms with Gasteiger partial charge in [-0.25, -0.2) is 9.59 Å². The number of carboxylic acid groups (broad SMARTS) is 1. The van der Waals surface area contributed by atoms with Gasteiger partial charge in [0.05, 0.1) is 0 Å². The molecule has 0 spiro atoms. The van der Waals surface area contributed by atoms with E-state index in [1.165, 1.54) is 5.56 Å². The average molecular weight is 399 g/mol. The quantitative estimate of drug-likeness (QED) is 0.567. The average Bonchev–Trinajstić information content (AvgIpc) is 3.15. The van der Waals surface area contributed by atoms with Gasteiger partial charge in [0.15, 0.2) is 11.5 Å². The molecule has 2 aromatic rings. The van der Waals surface area contributed by atoms with Gasteiger partial charge in [0.2, 0.25) is 6.79 Å². The van der Waals surface area contributed by atoms with Gasteiger partial charge in [-0.3, -0.25) is 0 Å². The van der Waals surface area contributed by atoms with Gasteiger partial charge in [0.25, 0.3) is 0 Å². The third-order valence-electron chi connectivity index (χ3n) is 3.96. The summed E-state index contributed by atoms with van der Waals surface area (Å²) < 4.78 is 15.5. The maximum atomic E-state index is 11.3. The number of carbonyl (C=O) groups is 2. The highest BCUT2D eigenvalue weighted by atomic mass is 16.7. The predicted molar refractivity (Wildman–Crippen MR) is 108 cm³/mol. The van der Waals surface area contributed by atoms with E-state index in [-0.39, 0.29) is 18.9 Å². The van der Waals surface area contributed by atoms with Gasteiger partial charge >= 0.3 is 11.9 Å². The molecule has 1 heterocycles. The Morgan fingerprint density at radius 2 is 1.79 bits per heavy atom. The highest BCUT2D eigenvalue weighted by molar-refractivity contribution is 5.90. The molecule has 3 rings (SSSR count). The van der Waals surface area contributed by atoms with Gasteiger partial charge in [-0.05, 0) is 37.1 Å². The Bertz CT molecular complexity index is 848. The first-order chi connectivity index (χ1) is 13.8. The van der Waals surface area contributed by atoms with Gasteiger partial charge in [0, 0.05) is 24.6 Å². The molecule has 0 saturated heterocycles. The number of aliphatic carboxylic acids is 1. The van der Waals surface area contributed by atoms with Crippen molar-refractivity contribution in [2.75, 3.05) is 6.79 Å². The van der Waals surface area contributed by atoms with Crippen molar-refractivity contribution in [3.63, 3.8) is 0 Å². The summed E-state index contributed by atoms with van der Waals surface area (Å²) in [5.74, 6) is -0.499. The van der Waals surface area contributed by atoms with Crippen LogP contribution in [0.3, 0.4) is 0 Å². The number of rotatable bonds is 6. The zero-order chi connectivity index (χ0) is 21.2. The Kier molecular flexibility index (Phi) is 8.24. The fourth-order valence-corrected chi connectivity index (χ4v) is 2.58. The van der Waals surface area contributed by atoms with Crippen LogP contribution in [0.2, 0.25) is 0 Å². The van der Waals surface area contributed by atoms with Crippen LogP contribution in [0.4, 0.5) is 0 Å². The maximum Gasteiger partial charge on any atom is 0.331 e. The lowest BCUT2D eigenvalue weighted by molar-refractivity contribution is -0.142. The minimum atomic E-state index is -1.19. The van der Waals surface area contributed by atoms with Crippen molar-refractivity contribution >= 4 is 11.9 Å². The van der Waals surface area contributed by atoms with E-state index >= 15 is 0 Å². The molecule has 0 bridgehead atoms. The van der Waals surface area contributed by atoms with E-state index in [4.69, 9.17) is 25.1 Å². The van der Waals surface area contributed by atoms with E-state index in [2.05, 4.69) is 0 Å². The lowest BCUT2D eigenvalue weighted by Crippen LogP contribution is -2.16. The Balaban J connectivity index is 0.000000278. The molecule has 0 unspecified atom stereocenters. The molecule has 1 aliphatic heterocycles. The molecule has 0 saturated carbocycles. The van der Waals surface area contributed by atoms with Crippen LogP contribution in [-0.4, -0.2) is 29.9 Å². The number of ether oxygens (including phenoxy) is 3. The number of esters is 1. The molecule has 0 aromatic heterocycles. The van der Waals surface area contributed by atoms with Crippen molar-refractivity contribution in [1.82, 2.24) is 0 Å². The van der Waals surface area contributed by atoms with Crippen LogP contribution in [0.5, 0.6) is 11.5 Å². The van der Waals surface area contributed by atoms with Crippen molar-refractivity contribution in [2.24, 2.45) is 5.73 Å². The third-order valence-corrected chi connectivity index (χ3v) is 3.96. The van der Waals surface area contributed by atoms with Gasteiger partial charge < -0.3 is 25.1 Å². The summed E-state index contributed by atoms with van der Waals surface area (Å²) in [5, 5.41) is 8.40. The Hall–Kier alpha value is -3.32. The molecule has 29 heavy (non-hydrogen) atoms. The Labute approximate surface area is 169 Å². The molecular formula is C22H25NO6. The smallest absolute Gasteiger partial charge is 0.331 e. The molecule has 7 heteroatoms.